The van der Waals surface area contributed by atoms with Crippen molar-refractivity contribution in [2.24, 2.45) is 11.8 Å². The number of rotatable bonds is 18. The molecule has 0 heterocycles. The Hall–Kier alpha value is -3.92. The van der Waals surface area contributed by atoms with Crippen molar-refractivity contribution in [3.63, 3.8) is 0 Å². The van der Waals surface area contributed by atoms with Crippen LogP contribution in [0.5, 0.6) is 0 Å². The molecular formula is C37H54N4O6. The molecule has 1 aliphatic rings. The number of benzene rings is 2. The summed E-state index contributed by atoms with van der Waals surface area (Å²) in [6.07, 6.45) is 0.937. The minimum atomic E-state index is -1.18. The molecule has 0 fully saturated rings. The molecule has 2 aromatic carbocycles. The number of nitrogens with one attached hydrogen (secondary N) is 3. The molecule has 3 amide bonds. The molecule has 3 N–H and O–H groups in total. The molecule has 10 nitrogen and oxygen atoms in total. The van der Waals surface area contributed by atoms with Gasteiger partial charge in [-0.25, -0.2) is 9.59 Å². The van der Waals surface area contributed by atoms with Crippen LogP contribution in [-0.4, -0.2) is 80.3 Å². The Morgan fingerprint density at radius 2 is 1.53 bits per heavy atom. The lowest BCUT2D eigenvalue weighted by Crippen LogP contribution is -2.52. The molecular weight excluding hydrogens is 596 g/mol. The van der Waals surface area contributed by atoms with E-state index in [0.29, 0.717) is 19.5 Å². The fourth-order valence-corrected chi connectivity index (χ4v) is 6.04. The molecule has 0 saturated carbocycles. The molecule has 0 radical (unpaired) electrons. The highest BCUT2D eigenvalue weighted by atomic mass is 16.6. The quantitative estimate of drug-likeness (QED) is 0.149. The maximum absolute atomic E-state index is 13.5. The minimum Gasteiger partial charge on any atom is -0.451 e. The Morgan fingerprint density at radius 1 is 0.915 bits per heavy atom. The van der Waals surface area contributed by atoms with Gasteiger partial charge in [0.05, 0.1) is 6.54 Å². The molecule has 47 heavy (non-hydrogen) atoms. The van der Waals surface area contributed by atoms with Crippen molar-refractivity contribution >= 4 is 23.9 Å². The van der Waals surface area contributed by atoms with Gasteiger partial charge in [-0.15, -0.1) is 0 Å². The topological polar surface area (TPSA) is 126 Å². The molecule has 2 aromatic rings. The first-order valence-electron chi connectivity index (χ1n) is 17.1. The summed E-state index contributed by atoms with van der Waals surface area (Å²) in [5.74, 6) is -1.84. The number of fused-ring (bicyclic) bond motifs is 3. The summed E-state index contributed by atoms with van der Waals surface area (Å²) >= 11 is 0. The number of carbonyl (C=O) groups is 4. The number of unbranched alkanes of at least 4 members (excludes halogenated alkanes) is 1. The second kappa shape index (κ2) is 18.4. The largest absolute Gasteiger partial charge is 0.451 e. The Bertz CT molecular complexity index is 1300. The van der Waals surface area contributed by atoms with E-state index >= 15 is 0 Å². The number of likely N-dealkylation sites (N-methyl/N-ethyl adjacent to an activating group) is 1. The van der Waals surface area contributed by atoms with E-state index in [-0.39, 0.29) is 43.2 Å². The SMILES string of the molecule is CCCCNCC(=O)NC(C(=O)OC(CC(C(C)C)N(C)C(=O)OCC1c2ccccc2-c2ccccc21)C(=O)NCC)C(C)CC. The van der Waals surface area contributed by atoms with Gasteiger partial charge in [0.1, 0.15) is 12.6 Å². The van der Waals surface area contributed by atoms with Crippen LogP contribution in [0, 0.1) is 11.8 Å². The summed E-state index contributed by atoms with van der Waals surface area (Å²) in [7, 11) is 1.65. The highest BCUT2D eigenvalue weighted by Gasteiger charge is 2.36. The number of nitrogens with zero attached hydrogens (tertiary/aromatic N) is 1. The highest BCUT2D eigenvalue weighted by Crippen LogP contribution is 2.44. The fourth-order valence-electron chi connectivity index (χ4n) is 6.04. The van der Waals surface area contributed by atoms with Gasteiger partial charge in [-0.2, -0.15) is 0 Å². The van der Waals surface area contributed by atoms with Gasteiger partial charge in [-0.1, -0.05) is 96.0 Å². The molecule has 0 aromatic heterocycles. The number of amides is 3. The van der Waals surface area contributed by atoms with Crippen LogP contribution >= 0.6 is 0 Å². The summed E-state index contributed by atoms with van der Waals surface area (Å²) in [6.45, 7) is 12.8. The van der Waals surface area contributed by atoms with Crippen molar-refractivity contribution in [2.75, 3.05) is 33.3 Å². The zero-order valence-corrected chi connectivity index (χ0v) is 29.1. The second-order valence-electron chi connectivity index (χ2n) is 12.7. The third kappa shape index (κ3) is 10.0. The monoisotopic (exact) mass is 650 g/mol. The molecule has 3 rings (SSSR count). The van der Waals surface area contributed by atoms with Crippen molar-refractivity contribution in [1.82, 2.24) is 20.9 Å². The number of ether oxygens (including phenoxy) is 2. The van der Waals surface area contributed by atoms with E-state index in [0.717, 1.165) is 35.1 Å². The van der Waals surface area contributed by atoms with E-state index in [1.165, 1.54) is 4.90 Å². The van der Waals surface area contributed by atoms with Crippen LogP contribution in [0.4, 0.5) is 4.79 Å². The first-order chi connectivity index (χ1) is 22.5. The van der Waals surface area contributed by atoms with Crippen molar-refractivity contribution in [3.05, 3.63) is 59.7 Å². The van der Waals surface area contributed by atoms with Crippen LogP contribution in [-0.2, 0) is 23.9 Å². The Balaban J connectivity index is 1.72. The summed E-state index contributed by atoms with van der Waals surface area (Å²) < 4.78 is 11.8. The summed E-state index contributed by atoms with van der Waals surface area (Å²) in [6, 6.07) is 14.9. The van der Waals surface area contributed by atoms with E-state index in [4.69, 9.17) is 9.47 Å². The smallest absolute Gasteiger partial charge is 0.409 e. The molecule has 4 atom stereocenters. The van der Waals surface area contributed by atoms with Gasteiger partial charge in [0.2, 0.25) is 5.91 Å². The number of hydrogen-bond donors (Lipinski definition) is 3. The van der Waals surface area contributed by atoms with Crippen molar-refractivity contribution < 1.29 is 28.7 Å². The van der Waals surface area contributed by atoms with Crippen LogP contribution in [0.25, 0.3) is 11.1 Å². The first-order valence-corrected chi connectivity index (χ1v) is 17.1. The zero-order valence-electron chi connectivity index (χ0n) is 29.1. The van der Waals surface area contributed by atoms with Crippen molar-refractivity contribution in [2.45, 2.75) is 91.3 Å². The molecule has 4 unspecified atom stereocenters. The van der Waals surface area contributed by atoms with Crippen molar-refractivity contribution in [3.8, 4) is 11.1 Å². The number of esters is 1. The maximum Gasteiger partial charge on any atom is 0.409 e. The predicted octanol–water partition coefficient (Wildman–Crippen LogP) is 5.25. The molecule has 0 saturated heterocycles. The third-order valence-electron chi connectivity index (χ3n) is 9.02. The van der Waals surface area contributed by atoms with Gasteiger partial charge in [-0.3, -0.25) is 9.59 Å². The summed E-state index contributed by atoms with van der Waals surface area (Å²) in [5.41, 5.74) is 4.52. The average molecular weight is 651 g/mol. The van der Waals surface area contributed by atoms with Gasteiger partial charge in [0.25, 0.3) is 5.91 Å². The van der Waals surface area contributed by atoms with Gasteiger partial charge in [0.15, 0.2) is 6.10 Å². The van der Waals surface area contributed by atoms with Gasteiger partial charge in [0, 0.05) is 32.0 Å². The fraction of sp³-hybridized carbons (Fsp3) is 0.568. The first kappa shape index (κ1) is 37.5. The van der Waals surface area contributed by atoms with Gasteiger partial charge >= 0.3 is 12.1 Å². The average Bonchev–Trinajstić information content (AvgIpc) is 3.38. The van der Waals surface area contributed by atoms with Gasteiger partial charge in [-0.05, 0) is 54.0 Å². The normalized spacial score (nSPS) is 14.7. The van der Waals surface area contributed by atoms with Crippen LogP contribution in [0.2, 0.25) is 0 Å². The van der Waals surface area contributed by atoms with E-state index in [9.17, 15) is 19.2 Å². The van der Waals surface area contributed by atoms with E-state index < -0.39 is 36.2 Å². The molecule has 1 aliphatic carbocycles. The standard InChI is InChI=1S/C37H54N4O6/c1-8-11-20-38-22-33(42)40-34(25(6)9-2)36(44)47-32(35(43)39-10-3)21-31(24(4)5)41(7)37(45)46-23-30-28-18-14-12-16-26(28)27-17-13-15-19-29(27)30/h12-19,24-25,30-32,34,38H,8-11,20-23H2,1-7H3,(H,39,43)(H,40,42). The number of hydrogen-bond acceptors (Lipinski definition) is 7. The van der Waals surface area contributed by atoms with E-state index in [2.05, 4.69) is 47.1 Å². The van der Waals surface area contributed by atoms with Crippen LogP contribution in [0.3, 0.4) is 0 Å². The molecule has 258 valence electrons. The van der Waals surface area contributed by atoms with Crippen molar-refractivity contribution in [1.29, 1.82) is 0 Å². The van der Waals surface area contributed by atoms with E-state index in [1.807, 2.05) is 52.0 Å². The maximum atomic E-state index is 13.5. The summed E-state index contributed by atoms with van der Waals surface area (Å²) in [4.78, 5) is 54.4. The molecule has 0 bridgehead atoms. The zero-order chi connectivity index (χ0) is 34.5. The second-order valence-corrected chi connectivity index (χ2v) is 12.7. The lowest BCUT2D eigenvalue weighted by atomic mass is 9.95. The third-order valence-corrected chi connectivity index (χ3v) is 9.02. The Morgan fingerprint density at radius 3 is 2.09 bits per heavy atom. The lowest BCUT2D eigenvalue weighted by Gasteiger charge is -2.34. The van der Waals surface area contributed by atoms with Gasteiger partial charge < -0.3 is 30.3 Å². The Labute approximate surface area is 280 Å². The number of carbonyl (C=O) groups excluding carboxylic acids is 4. The van der Waals surface area contributed by atoms with Crippen LogP contribution in [0.1, 0.15) is 84.3 Å². The Kier molecular flexibility index (Phi) is 14.7. The molecule has 0 aliphatic heterocycles. The summed E-state index contributed by atoms with van der Waals surface area (Å²) in [5, 5.41) is 8.65. The highest BCUT2D eigenvalue weighted by molar-refractivity contribution is 5.88. The van der Waals surface area contributed by atoms with E-state index in [1.54, 1.807) is 14.0 Å². The van der Waals surface area contributed by atoms with Crippen LogP contribution in [0.15, 0.2) is 48.5 Å². The molecule has 10 heteroatoms. The van der Waals surface area contributed by atoms with Crippen LogP contribution < -0.4 is 16.0 Å². The predicted molar refractivity (Wildman–Crippen MR) is 184 cm³/mol. The lowest BCUT2D eigenvalue weighted by molar-refractivity contribution is -0.161. The minimum absolute atomic E-state index is 0.0652. The molecule has 0 spiro atoms.